The van der Waals surface area contributed by atoms with Gasteiger partial charge < -0.3 is 4.57 Å². The summed E-state index contributed by atoms with van der Waals surface area (Å²) in [5, 5.41) is 27.1. The second-order valence-corrected chi connectivity index (χ2v) is 21.8. The summed E-state index contributed by atoms with van der Waals surface area (Å²) in [6.45, 7) is 18.2. The van der Waals surface area contributed by atoms with Crippen molar-refractivity contribution < 1.29 is 0 Å². The number of hydrogen-bond donors (Lipinski definition) is 0. The average molecular weight is 964 g/mol. The summed E-state index contributed by atoms with van der Waals surface area (Å²) in [6.07, 6.45) is 0. The van der Waals surface area contributed by atoms with E-state index < -0.39 is 0 Å². The van der Waals surface area contributed by atoms with E-state index in [-0.39, 0.29) is 6.71 Å². The van der Waals surface area contributed by atoms with Gasteiger partial charge >= 0.3 is 196 Å². The molecule has 6 heteroatoms. The number of benzene rings is 9. The first kappa shape index (κ1) is 43.4. The molecule has 0 fully saturated rings. The van der Waals surface area contributed by atoms with Crippen molar-refractivity contribution in [1.82, 2.24) is 9.13 Å². The van der Waals surface area contributed by atoms with Crippen LogP contribution in [0.1, 0.15) is 55.6 Å². The smallest absolute Gasteiger partial charge is 0.0649 e. The van der Waals surface area contributed by atoms with Crippen molar-refractivity contribution in [3.05, 3.63) is 207 Å². The Morgan fingerprint density at radius 1 is 0.400 bits per heavy atom. The van der Waals surface area contributed by atoms with Crippen molar-refractivity contribution >= 4 is 101 Å². The minimum absolute atomic E-state index is 0.0657. The molecule has 0 atom stereocenters. The van der Waals surface area contributed by atoms with Crippen LogP contribution in [0.25, 0.3) is 85.4 Å². The first-order valence-electron chi connectivity index (χ1n) is 24.1. The molecule has 3 aromatic heterocycles. The minimum Gasteiger partial charge on any atom is -0.0649 e. The Morgan fingerprint density at radius 3 is 1.43 bits per heavy atom. The Bertz CT molecular complexity index is 4250. The molecule has 0 amide bonds. The van der Waals surface area contributed by atoms with Crippen LogP contribution < -0.4 is 16.4 Å². The fraction of sp³-hybridized carbons (Fsp3) is 0.125. The predicted molar refractivity (Wildman–Crippen MR) is 297 cm³/mol. The molecule has 0 aliphatic rings. The molecule has 4 nitrogen and oxygen atoms in total. The Hall–Kier alpha value is -7.86. The zero-order valence-electron chi connectivity index (χ0n) is 40.7. The molecule has 70 heavy (non-hydrogen) atoms. The second-order valence-electron chi connectivity index (χ2n) is 19.5. The molecule has 3 heterocycles. The van der Waals surface area contributed by atoms with Crippen molar-refractivity contribution in [2.75, 3.05) is 0 Å². The van der Waals surface area contributed by atoms with Gasteiger partial charge in [0.05, 0.1) is 22.7 Å². The van der Waals surface area contributed by atoms with Crippen LogP contribution in [0.3, 0.4) is 0 Å². The Labute approximate surface area is 415 Å². The molecule has 0 N–H and O–H groups in total. The fourth-order valence-corrected chi connectivity index (χ4v) is 14.1. The number of aryl methyl sites for hydroxylation is 3. The standard InChI is InChI=1S/C64H49BN4Se/c1-36-27-37(2)63(38(3)28-36)65(64-42(7)40(5)39(4)41(6)43(64)8)48-17-19-49(20-18-48)68-57-22-13-44(34-66)29-52(57)54-31-46(15-24-59(54)68)47-16-25-60-55(32-47)53-30-45(35-67)14-23-58(53)69(60)50-21-26-62-56(33-50)51-11-9-10-12-61(51)70-62/h9-33H,1-8H3. The summed E-state index contributed by atoms with van der Waals surface area (Å²) in [7, 11) is 0. The molecule has 0 bridgehead atoms. The third-order valence-electron chi connectivity index (χ3n) is 15.6. The zero-order chi connectivity index (χ0) is 48.3. The van der Waals surface area contributed by atoms with Gasteiger partial charge in [-0.05, 0) is 102 Å². The molecule has 334 valence electrons. The van der Waals surface area contributed by atoms with E-state index in [4.69, 9.17) is 0 Å². The van der Waals surface area contributed by atoms with Crippen LogP contribution in [0, 0.1) is 78.1 Å². The van der Waals surface area contributed by atoms with Gasteiger partial charge in [0, 0.05) is 11.1 Å². The van der Waals surface area contributed by atoms with E-state index >= 15 is 0 Å². The van der Waals surface area contributed by atoms with E-state index in [0.717, 1.165) is 66.1 Å². The summed E-state index contributed by atoms with van der Waals surface area (Å²) in [5.41, 5.74) is 24.7. The number of hydrogen-bond acceptors (Lipinski definition) is 2. The van der Waals surface area contributed by atoms with Gasteiger partial charge in [-0.3, -0.25) is 0 Å². The Morgan fingerprint density at radius 2 is 0.871 bits per heavy atom. The van der Waals surface area contributed by atoms with Gasteiger partial charge in [-0.25, -0.2) is 0 Å². The molecule has 0 spiro atoms. The molecule has 0 unspecified atom stereocenters. The van der Waals surface area contributed by atoms with Gasteiger partial charge in [0.1, 0.15) is 0 Å². The van der Waals surface area contributed by atoms with Gasteiger partial charge in [0.25, 0.3) is 0 Å². The summed E-state index contributed by atoms with van der Waals surface area (Å²) in [5.74, 6) is 0. The maximum atomic E-state index is 10.2. The van der Waals surface area contributed by atoms with E-state index in [2.05, 4.69) is 204 Å². The van der Waals surface area contributed by atoms with Crippen molar-refractivity contribution in [3.63, 3.8) is 0 Å². The molecule has 12 aromatic rings. The molecule has 9 aromatic carbocycles. The molecule has 0 aliphatic carbocycles. The van der Waals surface area contributed by atoms with Gasteiger partial charge in [0.15, 0.2) is 0 Å². The number of nitriles is 2. The van der Waals surface area contributed by atoms with Crippen molar-refractivity contribution in [2.24, 2.45) is 0 Å². The summed E-state index contributed by atoms with van der Waals surface area (Å²) in [6, 6.07) is 60.0. The molecular formula is C64H49BN4Se. The fourth-order valence-electron chi connectivity index (χ4n) is 11.9. The molecular weight excluding hydrogens is 915 g/mol. The maximum absolute atomic E-state index is 10.2. The van der Waals surface area contributed by atoms with E-state index in [1.54, 1.807) is 0 Å². The molecule has 12 rings (SSSR count). The summed E-state index contributed by atoms with van der Waals surface area (Å²) in [4.78, 5) is 0. The zero-order valence-corrected chi connectivity index (χ0v) is 42.4. The van der Waals surface area contributed by atoms with E-state index in [1.807, 2.05) is 24.3 Å². The van der Waals surface area contributed by atoms with Crippen LogP contribution in [0.2, 0.25) is 0 Å². The normalized spacial score (nSPS) is 11.7. The third kappa shape index (κ3) is 6.63. The summed E-state index contributed by atoms with van der Waals surface area (Å²) < 4.78 is 7.54. The number of nitrogens with zero attached hydrogens (tertiary/aromatic N) is 4. The molecule has 0 aliphatic heterocycles. The van der Waals surface area contributed by atoms with Crippen LogP contribution in [-0.4, -0.2) is 30.4 Å². The van der Waals surface area contributed by atoms with E-state index in [9.17, 15) is 10.5 Å². The van der Waals surface area contributed by atoms with Crippen LogP contribution in [0.4, 0.5) is 0 Å². The SMILES string of the molecule is Cc1cc(C)c(B(c2ccc(-n3c4ccc(C#N)cc4c4cc(-c5ccc6c(c5)c5cc(C#N)ccc5n6-c5ccc6[se]c7ccccc7c6c5)ccc43)cc2)c2c(C)c(C)c(C)c(C)c2C)c(C)c1. The first-order chi connectivity index (χ1) is 33.9. The second kappa shape index (κ2) is 16.4. The third-order valence-corrected chi connectivity index (χ3v) is 18.0. The van der Waals surface area contributed by atoms with E-state index in [0.29, 0.717) is 25.6 Å². The summed E-state index contributed by atoms with van der Waals surface area (Å²) >= 11 is 0.291. The molecule has 0 saturated heterocycles. The predicted octanol–water partition coefficient (Wildman–Crippen LogP) is 13.6. The topological polar surface area (TPSA) is 57.4 Å². The quantitative estimate of drug-likeness (QED) is 0.156. The average Bonchev–Trinajstić information content (AvgIpc) is 4.03. The Balaban J connectivity index is 1.01. The van der Waals surface area contributed by atoms with Crippen LogP contribution >= 0.6 is 0 Å². The molecule has 0 radical (unpaired) electrons. The van der Waals surface area contributed by atoms with Gasteiger partial charge in [-0.2, -0.15) is 5.26 Å². The van der Waals surface area contributed by atoms with Crippen LogP contribution in [0.5, 0.6) is 0 Å². The van der Waals surface area contributed by atoms with Gasteiger partial charge in [-0.1, -0.05) is 68.5 Å². The first-order valence-corrected chi connectivity index (χ1v) is 25.8. The monoisotopic (exact) mass is 964 g/mol. The van der Waals surface area contributed by atoms with Crippen molar-refractivity contribution in [3.8, 4) is 34.6 Å². The van der Waals surface area contributed by atoms with Gasteiger partial charge in [-0.15, -0.1) is 0 Å². The number of fused-ring (bicyclic) bond motifs is 9. The Kier molecular flexibility index (Phi) is 10.2. The number of aromatic nitrogens is 2. The van der Waals surface area contributed by atoms with Crippen LogP contribution in [0.15, 0.2) is 152 Å². The minimum atomic E-state index is 0.0657. The van der Waals surface area contributed by atoms with Crippen molar-refractivity contribution in [2.45, 2.75) is 55.4 Å². The van der Waals surface area contributed by atoms with Crippen LogP contribution in [-0.2, 0) is 0 Å². The van der Waals surface area contributed by atoms with E-state index in [1.165, 1.54) is 80.2 Å². The molecule has 0 saturated carbocycles. The number of rotatable bonds is 6. The van der Waals surface area contributed by atoms with Gasteiger partial charge in [0.2, 0.25) is 6.71 Å². The van der Waals surface area contributed by atoms with Crippen molar-refractivity contribution in [1.29, 1.82) is 10.5 Å².